The van der Waals surface area contributed by atoms with Gasteiger partial charge >= 0.3 is 0 Å². The second-order valence-corrected chi connectivity index (χ2v) is 6.17. The number of rotatable bonds is 4. The molecule has 2 fully saturated rings. The monoisotopic (exact) mass is 297 g/mol. The quantitative estimate of drug-likeness (QED) is 0.898. The highest BCUT2D eigenvalue weighted by molar-refractivity contribution is 6.31. The number of likely N-dealkylation sites (tertiary alicyclic amines) is 1. The fourth-order valence-corrected chi connectivity index (χ4v) is 3.38. The third-order valence-electron chi connectivity index (χ3n) is 4.43. The van der Waals surface area contributed by atoms with Crippen LogP contribution in [-0.4, -0.2) is 64.9 Å². The third kappa shape index (κ3) is 2.72. The lowest BCUT2D eigenvalue weighted by molar-refractivity contribution is 0.0208. The lowest BCUT2D eigenvalue weighted by Crippen LogP contribution is -2.62. The van der Waals surface area contributed by atoms with Gasteiger partial charge in [-0.1, -0.05) is 11.6 Å². The molecule has 1 aromatic heterocycles. The molecule has 5 nitrogen and oxygen atoms in total. The third-order valence-corrected chi connectivity index (χ3v) is 4.92. The molecular weight excluding hydrogens is 274 g/mol. The molecule has 2 saturated heterocycles. The van der Waals surface area contributed by atoms with Crippen molar-refractivity contribution in [3.8, 4) is 0 Å². The summed E-state index contributed by atoms with van der Waals surface area (Å²) in [7, 11) is 0. The minimum Gasteiger partial charge on any atom is -0.314 e. The van der Waals surface area contributed by atoms with E-state index in [9.17, 15) is 0 Å². The van der Waals surface area contributed by atoms with Crippen LogP contribution in [0.25, 0.3) is 0 Å². The van der Waals surface area contributed by atoms with E-state index in [1.165, 1.54) is 18.8 Å². The second-order valence-electron chi connectivity index (χ2n) is 5.80. The van der Waals surface area contributed by atoms with Gasteiger partial charge in [-0.15, -0.1) is 0 Å². The highest BCUT2D eigenvalue weighted by Crippen LogP contribution is 2.25. The van der Waals surface area contributed by atoms with Crippen molar-refractivity contribution in [3.63, 3.8) is 0 Å². The van der Waals surface area contributed by atoms with Crippen LogP contribution >= 0.6 is 11.6 Å². The molecule has 20 heavy (non-hydrogen) atoms. The van der Waals surface area contributed by atoms with Crippen molar-refractivity contribution < 1.29 is 0 Å². The van der Waals surface area contributed by atoms with E-state index in [-0.39, 0.29) is 0 Å². The number of hydrogen-bond donors (Lipinski definition) is 1. The summed E-state index contributed by atoms with van der Waals surface area (Å²) in [4.78, 5) is 5.08. The Morgan fingerprint density at radius 3 is 2.65 bits per heavy atom. The van der Waals surface area contributed by atoms with Crippen molar-refractivity contribution in [3.05, 3.63) is 16.4 Å². The summed E-state index contributed by atoms with van der Waals surface area (Å²) in [6.45, 7) is 12.9. The Hall–Kier alpha value is -0.620. The Kier molecular flexibility index (Phi) is 4.31. The zero-order chi connectivity index (χ0) is 14.1. The Morgan fingerprint density at radius 2 is 2.00 bits per heavy atom. The highest BCUT2D eigenvalue weighted by Gasteiger charge is 2.33. The number of nitrogens with one attached hydrogen (secondary N) is 1. The first kappa shape index (κ1) is 14.3. The van der Waals surface area contributed by atoms with Crippen molar-refractivity contribution >= 4 is 11.6 Å². The Labute approximate surface area is 125 Å². The van der Waals surface area contributed by atoms with Gasteiger partial charge in [-0.25, -0.2) is 0 Å². The van der Waals surface area contributed by atoms with Gasteiger partial charge in [-0.2, -0.15) is 5.10 Å². The molecule has 0 unspecified atom stereocenters. The summed E-state index contributed by atoms with van der Waals surface area (Å²) in [6.07, 6.45) is 0. The summed E-state index contributed by atoms with van der Waals surface area (Å²) < 4.78 is 2.04. The maximum atomic E-state index is 6.37. The van der Waals surface area contributed by atoms with Crippen LogP contribution in [0.3, 0.4) is 0 Å². The molecule has 0 radical (unpaired) electrons. The summed E-state index contributed by atoms with van der Waals surface area (Å²) >= 11 is 6.37. The summed E-state index contributed by atoms with van der Waals surface area (Å²) in [5.41, 5.74) is 2.12. The number of halogens is 1. The molecule has 0 amide bonds. The van der Waals surface area contributed by atoms with E-state index in [1.807, 2.05) is 11.6 Å². The largest absolute Gasteiger partial charge is 0.314 e. The average Bonchev–Trinajstić information content (AvgIpc) is 2.70. The molecule has 112 valence electrons. The van der Waals surface area contributed by atoms with Crippen molar-refractivity contribution in [2.24, 2.45) is 0 Å². The molecule has 0 bridgehead atoms. The minimum absolute atomic E-state index is 0.731. The van der Waals surface area contributed by atoms with E-state index in [4.69, 9.17) is 11.6 Å². The second kappa shape index (κ2) is 6.02. The molecule has 0 saturated carbocycles. The molecule has 0 aromatic carbocycles. The van der Waals surface area contributed by atoms with Crippen LogP contribution in [-0.2, 0) is 13.1 Å². The number of aryl methyl sites for hydroxylation is 2. The number of nitrogens with zero attached hydrogens (tertiary/aromatic N) is 4. The molecule has 2 aliphatic heterocycles. The number of piperazine rings is 1. The molecule has 6 heteroatoms. The lowest BCUT2D eigenvalue weighted by atomic mass is 10.1. The zero-order valence-corrected chi connectivity index (χ0v) is 13.2. The van der Waals surface area contributed by atoms with E-state index >= 15 is 0 Å². The number of aromatic nitrogens is 2. The average molecular weight is 298 g/mol. The van der Waals surface area contributed by atoms with Gasteiger partial charge in [0.15, 0.2) is 0 Å². The van der Waals surface area contributed by atoms with Crippen molar-refractivity contribution in [2.45, 2.75) is 33.0 Å². The maximum absolute atomic E-state index is 6.37. The van der Waals surface area contributed by atoms with Gasteiger partial charge in [-0.3, -0.25) is 14.5 Å². The van der Waals surface area contributed by atoms with Gasteiger partial charge in [0, 0.05) is 58.4 Å². The van der Waals surface area contributed by atoms with Gasteiger partial charge in [0.2, 0.25) is 0 Å². The molecule has 3 heterocycles. The summed E-state index contributed by atoms with van der Waals surface area (Å²) in [5, 5.41) is 8.74. The molecule has 2 aliphatic rings. The number of hydrogen-bond acceptors (Lipinski definition) is 4. The highest BCUT2D eigenvalue weighted by atomic mass is 35.5. The van der Waals surface area contributed by atoms with E-state index in [1.54, 1.807) is 0 Å². The minimum atomic E-state index is 0.731. The normalized spacial score (nSPS) is 22.1. The maximum Gasteiger partial charge on any atom is 0.0860 e. The Bertz CT molecular complexity index is 460. The van der Waals surface area contributed by atoms with Gasteiger partial charge in [0.05, 0.1) is 16.4 Å². The Balaban J connectivity index is 1.56. The van der Waals surface area contributed by atoms with Crippen LogP contribution in [0.4, 0.5) is 0 Å². The van der Waals surface area contributed by atoms with Crippen LogP contribution in [0.5, 0.6) is 0 Å². The molecule has 1 aromatic rings. The SMILES string of the molecule is CCn1nc(C)c(Cl)c1CN1CC(N2CCNCC2)C1. The van der Waals surface area contributed by atoms with Crippen LogP contribution in [0.15, 0.2) is 0 Å². The molecular formula is C14H24ClN5. The summed E-state index contributed by atoms with van der Waals surface area (Å²) in [6, 6.07) is 0.731. The van der Waals surface area contributed by atoms with Gasteiger partial charge < -0.3 is 5.32 Å². The van der Waals surface area contributed by atoms with Gasteiger partial charge in [0.1, 0.15) is 0 Å². The van der Waals surface area contributed by atoms with E-state index in [0.717, 1.165) is 56.0 Å². The predicted molar refractivity (Wildman–Crippen MR) is 81.2 cm³/mol. The first-order valence-corrected chi connectivity index (χ1v) is 7.95. The summed E-state index contributed by atoms with van der Waals surface area (Å²) in [5.74, 6) is 0. The smallest absolute Gasteiger partial charge is 0.0860 e. The Morgan fingerprint density at radius 1 is 1.30 bits per heavy atom. The van der Waals surface area contributed by atoms with Crippen LogP contribution in [0.2, 0.25) is 5.02 Å². The van der Waals surface area contributed by atoms with Crippen LogP contribution < -0.4 is 5.32 Å². The molecule has 0 aliphatic carbocycles. The van der Waals surface area contributed by atoms with E-state index in [0.29, 0.717) is 0 Å². The van der Waals surface area contributed by atoms with Gasteiger partial charge in [-0.05, 0) is 13.8 Å². The standard InChI is InChI=1S/C14H24ClN5/c1-3-20-13(14(15)11(2)17-20)10-18-8-12(9-18)19-6-4-16-5-7-19/h12,16H,3-10H2,1-2H3. The topological polar surface area (TPSA) is 36.3 Å². The fraction of sp³-hybridized carbons (Fsp3) is 0.786. The van der Waals surface area contributed by atoms with Crippen molar-refractivity contribution in [2.75, 3.05) is 39.3 Å². The first-order valence-electron chi connectivity index (χ1n) is 7.58. The molecule has 1 N–H and O–H groups in total. The lowest BCUT2D eigenvalue weighted by Gasteiger charge is -2.46. The van der Waals surface area contributed by atoms with Crippen molar-refractivity contribution in [1.82, 2.24) is 24.9 Å². The molecule has 3 rings (SSSR count). The zero-order valence-electron chi connectivity index (χ0n) is 12.4. The van der Waals surface area contributed by atoms with E-state index < -0.39 is 0 Å². The first-order chi connectivity index (χ1) is 9.69. The van der Waals surface area contributed by atoms with E-state index in [2.05, 4.69) is 27.1 Å². The fourth-order valence-electron chi connectivity index (χ4n) is 3.18. The van der Waals surface area contributed by atoms with Gasteiger partial charge in [0.25, 0.3) is 0 Å². The van der Waals surface area contributed by atoms with Crippen molar-refractivity contribution in [1.29, 1.82) is 0 Å². The molecule has 0 spiro atoms. The molecule has 0 atom stereocenters. The predicted octanol–water partition coefficient (Wildman–Crippen LogP) is 0.954. The van der Waals surface area contributed by atoms with Crippen LogP contribution in [0, 0.1) is 6.92 Å². The van der Waals surface area contributed by atoms with Crippen LogP contribution in [0.1, 0.15) is 18.3 Å².